The third-order valence-corrected chi connectivity index (χ3v) is 5.49. The molecule has 5 nitrogen and oxygen atoms in total. The molecule has 166 valence electrons. The van der Waals surface area contributed by atoms with Crippen molar-refractivity contribution >= 4 is 17.5 Å². The van der Waals surface area contributed by atoms with Crippen LogP contribution in [0.4, 0.5) is 5.69 Å². The Balaban J connectivity index is 1.55. The van der Waals surface area contributed by atoms with Crippen LogP contribution < -0.4 is 5.32 Å². The summed E-state index contributed by atoms with van der Waals surface area (Å²) >= 11 is 0. The molecule has 1 N–H and O–H groups in total. The summed E-state index contributed by atoms with van der Waals surface area (Å²) in [5, 5.41) is 2.85. The first-order chi connectivity index (χ1) is 16.1. The Labute approximate surface area is 193 Å². The number of anilines is 1. The van der Waals surface area contributed by atoms with Gasteiger partial charge in [0.2, 0.25) is 0 Å². The zero-order chi connectivity index (χ0) is 23.0. The number of nitrogens with zero attached hydrogens (tertiary/aromatic N) is 1. The van der Waals surface area contributed by atoms with E-state index in [0.29, 0.717) is 24.3 Å². The number of aryl methyl sites for hydroxylation is 1. The highest BCUT2D eigenvalue weighted by Crippen LogP contribution is 2.20. The monoisotopic (exact) mass is 438 g/mol. The van der Waals surface area contributed by atoms with Crippen molar-refractivity contribution in [3.8, 4) is 0 Å². The van der Waals surface area contributed by atoms with E-state index in [9.17, 15) is 9.59 Å². The second kappa shape index (κ2) is 10.5. The van der Waals surface area contributed by atoms with Gasteiger partial charge >= 0.3 is 0 Å². The van der Waals surface area contributed by atoms with Crippen LogP contribution >= 0.6 is 0 Å². The number of carbonyl (C=O) groups excluding carboxylic acids is 2. The molecule has 0 atom stereocenters. The van der Waals surface area contributed by atoms with Crippen LogP contribution in [-0.4, -0.2) is 23.3 Å². The molecule has 0 saturated heterocycles. The molecule has 0 unspecified atom stereocenters. The molecule has 0 bridgehead atoms. The van der Waals surface area contributed by atoms with Gasteiger partial charge in [-0.3, -0.25) is 9.59 Å². The maximum Gasteiger partial charge on any atom is 0.291 e. The van der Waals surface area contributed by atoms with Gasteiger partial charge < -0.3 is 14.6 Å². The molecule has 33 heavy (non-hydrogen) atoms. The Kier molecular flexibility index (Phi) is 7.00. The van der Waals surface area contributed by atoms with Crippen LogP contribution in [-0.2, 0) is 13.0 Å². The van der Waals surface area contributed by atoms with Crippen LogP contribution in [0.25, 0.3) is 0 Å². The second-order valence-electron chi connectivity index (χ2n) is 7.91. The molecule has 4 rings (SSSR count). The Hall–Kier alpha value is -4.12. The highest BCUT2D eigenvalue weighted by atomic mass is 16.3. The number of hydrogen-bond donors (Lipinski definition) is 1. The topological polar surface area (TPSA) is 62.6 Å². The Morgan fingerprint density at radius 3 is 2.21 bits per heavy atom. The van der Waals surface area contributed by atoms with Crippen molar-refractivity contribution in [3.05, 3.63) is 125 Å². The fraction of sp³-hybridized carbons (Fsp3) is 0.143. The van der Waals surface area contributed by atoms with Gasteiger partial charge in [-0.1, -0.05) is 66.7 Å². The van der Waals surface area contributed by atoms with Crippen LogP contribution in [0, 0.1) is 6.92 Å². The third-order valence-electron chi connectivity index (χ3n) is 5.49. The maximum absolute atomic E-state index is 13.5. The van der Waals surface area contributed by atoms with E-state index in [1.165, 1.54) is 11.8 Å². The van der Waals surface area contributed by atoms with E-state index >= 15 is 0 Å². The maximum atomic E-state index is 13.5. The summed E-state index contributed by atoms with van der Waals surface area (Å²) in [6, 6.07) is 28.8. The molecule has 0 fully saturated rings. The van der Waals surface area contributed by atoms with Crippen molar-refractivity contribution in [2.24, 2.45) is 0 Å². The predicted octanol–water partition coefficient (Wildman–Crippen LogP) is 5.73. The lowest BCUT2D eigenvalue weighted by atomic mass is 10.1. The van der Waals surface area contributed by atoms with Gasteiger partial charge in [0.1, 0.15) is 0 Å². The smallest absolute Gasteiger partial charge is 0.291 e. The third kappa shape index (κ3) is 5.77. The van der Waals surface area contributed by atoms with Crippen molar-refractivity contribution in [2.45, 2.75) is 19.9 Å². The number of carbonyl (C=O) groups is 2. The molecule has 3 aromatic carbocycles. The van der Waals surface area contributed by atoms with E-state index in [2.05, 4.69) is 17.4 Å². The van der Waals surface area contributed by atoms with Gasteiger partial charge in [-0.05, 0) is 54.3 Å². The number of hydrogen-bond acceptors (Lipinski definition) is 3. The van der Waals surface area contributed by atoms with Crippen molar-refractivity contribution in [1.29, 1.82) is 0 Å². The van der Waals surface area contributed by atoms with E-state index in [1.807, 2.05) is 66.4 Å². The average Bonchev–Trinajstić information content (AvgIpc) is 3.39. The molecular weight excluding hydrogens is 412 g/mol. The second-order valence-corrected chi connectivity index (χ2v) is 7.91. The van der Waals surface area contributed by atoms with E-state index < -0.39 is 0 Å². The van der Waals surface area contributed by atoms with Gasteiger partial charge in [0, 0.05) is 24.3 Å². The van der Waals surface area contributed by atoms with Crippen molar-refractivity contribution < 1.29 is 14.0 Å². The average molecular weight is 439 g/mol. The van der Waals surface area contributed by atoms with Crippen LogP contribution in [0.3, 0.4) is 0 Å². The number of benzene rings is 3. The Bertz CT molecular complexity index is 1200. The number of furan rings is 1. The highest BCUT2D eigenvalue weighted by molar-refractivity contribution is 6.04. The molecule has 5 heteroatoms. The molecule has 0 spiro atoms. The van der Waals surface area contributed by atoms with Crippen LogP contribution in [0.2, 0.25) is 0 Å². The first-order valence-corrected chi connectivity index (χ1v) is 10.9. The fourth-order valence-corrected chi connectivity index (χ4v) is 3.63. The molecule has 0 radical (unpaired) electrons. The molecule has 0 saturated carbocycles. The normalized spacial score (nSPS) is 10.6. The lowest BCUT2D eigenvalue weighted by molar-refractivity contribution is 0.0745. The molecule has 0 aliphatic rings. The minimum Gasteiger partial charge on any atom is -0.459 e. The summed E-state index contributed by atoms with van der Waals surface area (Å²) in [6.45, 7) is 2.98. The Morgan fingerprint density at radius 1 is 0.848 bits per heavy atom. The first-order valence-electron chi connectivity index (χ1n) is 10.9. The molecule has 2 amide bonds. The summed E-state index contributed by atoms with van der Waals surface area (Å²) in [6.07, 6.45) is 2.21. The van der Waals surface area contributed by atoms with E-state index in [4.69, 9.17) is 4.42 Å². The molecule has 0 aliphatic heterocycles. The summed E-state index contributed by atoms with van der Waals surface area (Å²) in [4.78, 5) is 27.8. The van der Waals surface area contributed by atoms with Crippen LogP contribution in [0.1, 0.15) is 37.6 Å². The van der Waals surface area contributed by atoms with Gasteiger partial charge in [0.15, 0.2) is 5.76 Å². The predicted molar refractivity (Wildman–Crippen MR) is 129 cm³/mol. The lowest BCUT2D eigenvalue weighted by Gasteiger charge is -2.24. The summed E-state index contributed by atoms with van der Waals surface area (Å²) in [7, 11) is 0. The Morgan fingerprint density at radius 2 is 1.55 bits per heavy atom. The highest BCUT2D eigenvalue weighted by Gasteiger charge is 2.18. The van der Waals surface area contributed by atoms with Gasteiger partial charge in [0.05, 0.1) is 6.26 Å². The SMILES string of the molecule is Cc1ccc(C(=O)N(CCc2ccccc2)Cc2ccccc2)cc1NC(=O)c1ccco1. The molecule has 1 heterocycles. The molecule has 4 aromatic rings. The summed E-state index contributed by atoms with van der Waals surface area (Å²) < 4.78 is 5.18. The molecular formula is C28H26N2O3. The van der Waals surface area contributed by atoms with Gasteiger partial charge in [-0.25, -0.2) is 0 Å². The van der Waals surface area contributed by atoms with E-state index in [0.717, 1.165) is 17.5 Å². The largest absolute Gasteiger partial charge is 0.459 e. The van der Waals surface area contributed by atoms with E-state index in [-0.39, 0.29) is 17.6 Å². The first kappa shape index (κ1) is 22.1. The summed E-state index contributed by atoms with van der Waals surface area (Å²) in [5.41, 5.74) is 4.23. The zero-order valence-electron chi connectivity index (χ0n) is 18.5. The van der Waals surface area contributed by atoms with Crippen LogP contribution in [0.15, 0.2) is 102 Å². The zero-order valence-corrected chi connectivity index (χ0v) is 18.5. The fourth-order valence-electron chi connectivity index (χ4n) is 3.63. The van der Waals surface area contributed by atoms with Crippen molar-refractivity contribution in [3.63, 3.8) is 0 Å². The van der Waals surface area contributed by atoms with Gasteiger partial charge in [-0.15, -0.1) is 0 Å². The minimum absolute atomic E-state index is 0.0803. The quantitative estimate of drug-likeness (QED) is 0.382. The van der Waals surface area contributed by atoms with Gasteiger partial charge in [0.25, 0.3) is 11.8 Å². The van der Waals surface area contributed by atoms with Crippen molar-refractivity contribution in [2.75, 3.05) is 11.9 Å². The van der Waals surface area contributed by atoms with Gasteiger partial charge in [-0.2, -0.15) is 0 Å². The molecule has 0 aliphatic carbocycles. The number of nitrogens with one attached hydrogen (secondary N) is 1. The standard InChI is InChI=1S/C28H26N2O3/c1-21-14-15-24(19-25(21)29-27(31)26-13-8-18-33-26)28(32)30(20-23-11-6-3-7-12-23)17-16-22-9-4-2-5-10-22/h2-15,18-19H,16-17,20H2,1H3,(H,29,31). The summed E-state index contributed by atoms with van der Waals surface area (Å²) in [5.74, 6) is -0.208. The van der Waals surface area contributed by atoms with E-state index in [1.54, 1.807) is 24.3 Å². The van der Waals surface area contributed by atoms with Crippen molar-refractivity contribution in [1.82, 2.24) is 4.90 Å². The lowest BCUT2D eigenvalue weighted by Crippen LogP contribution is -2.32. The molecule has 1 aromatic heterocycles. The number of rotatable bonds is 8. The minimum atomic E-state index is -0.349. The van der Waals surface area contributed by atoms with Crippen LogP contribution in [0.5, 0.6) is 0 Å². The number of amides is 2.